The number of nitrogens with zero attached hydrogens (tertiary/aromatic N) is 1. The molecule has 2 N–H and O–H groups in total. The van der Waals surface area contributed by atoms with Crippen LogP contribution in [0.1, 0.15) is 12.5 Å². The number of sulfonamides is 1. The summed E-state index contributed by atoms with van der Waals surface area (Å²) in [5.74, 6) is -1.40. The predicted molar refractivity (Wildman–Crippen MR) is 121 cm³/mol. The maximum atomic E-state index is 13.4. The summed E-state index contributed by atoms with van der Waals surface area (Å²) in [7, 11) is -4.10. The number of nitrogens with one attached hydrogen (secondary N) is 2. The van der Waals surface area contributed by atoms with E-state index in [9.17, 15) is 22.4 Å². The third-order valence-corrected chi connectivity index (χ3v) is 6.27. The normalized spacial score (nSPS) is 11.0. The van der Waals surface area contributed by atoms with Gasteiger partial charge in [-0.2, -0.15) is 0 Å². The molecule has 3 aromatic carbocycles. The second-order valence-corrected chi connectivity index (χ2v) is 8.97. The minimum atomic E-state index is -4.10. The van der Waals surface area contributed by atoms with Gasteiger partial charge in [-0.05, 0) is 61.5 Å². The summed E-state index contributed by atoms with van der Waals surface area (Å²) in [6, 6.07) is 17.5. The Balaban J connectivity index is 1.89. The Labute approximate surface area is 185 Å². The van der Waals surface area contributed by atoms with Crippen molar-refractivity contribution in [3.8, 4) is 0 Å². The Morgan fingerprint density at radius 3 is 2.09 bits per heavy atom. The standard InChI is InChI=1S/C23H22FN3O4S/c1-16-6-12-22(13-7-16)32(30,31)27(21-10-8-18(24)9-11-21)15-23(29)26-20-5-3-4-19(14-20)25-17(2)28/h3-14H,15H2,1-2H3,(H,25,28)(H,26,29). The lowest BCUT2D eigenvalue weighted by Gasteiger charge is -2.24. The molecule has 0 atom stereocenters. The third kappa shape index (κ3) is 5.70. The van der Waals surface area contributed by atoms with E-state index in [1.165, 1.54) is 31.2 Å². The summed E-state index contributed by atoms with van der Waals surface area (Å²) in [5.41, 5.74) is 1.90. The second-order valence-electron chi connectivity index (χ2n) is 7.11. The van der Waals surface area contributed by atoms with Gasteiger partial charge in [0.2, 0.25) is 11.8 Å². The lowest BCUT2D eigenvalue weighted by Crippen LogP contribution is -2.38. The average molecular weight is 456 g/mol. The molecule has 9 heteroatoms. The largest absolute Gasteiger partial charge is 0.326 e. The minimum absolute atomic E-state index is 0.00730. The number of carbonyl (C=O) groups is 2. The van der Waals surface area contributed by atoms with Gasteiger partial charge in [0.05, 0.1) is 10.6 Å². The highest BCUT2D eigenvalue weighted by Gasteiger charge is 2.27. The molecule has 0 aliphatic heterocycles. The fourth-order valence-corrected chi connectivity index (χ4v) is 4.39. The van der Waals surface area contributed by atoms with Gasteiger partial charge in [0.15, 0.2) is 0 Å². The van der Waals surface area contributed by atoms with Crippen molar-refractivity contribution in [3.05, 3.63) is 84.2 Å². The van der Waals surface area contributed by atoms with Crippen LogP contribution in [0.2, 0.25) is 0 Å². The van der Waals surface area contributed by atoms with E-state index < -0.39 is 28.3 Å². The SMILES string of the molecule is CC(=O)Nc1cccc(NC(=O)CN(c2ccc(F)cc2)S(=O)(=O)c2ccc(C)cc2)c1. The lowest BCUT2D eigenvalue weighted by atomic mass is 10.2. The molecule has 3 aromatic rings. The lowest BCUT2D eigenvalue weighted by molar-refractivity contribution is -0.115. The number of hydrogen-bond donors (Lipinski definition) is 2. The highest BCUT2D eigenvalue weighted by atomic mass is 32.2. The van der Waals surface area contributed by atoms with E-state index in [0.717, 1.165) is 22.0 Å². The zero-order chi connectivity index (χ0) is 23.3. The summed E-state index contributed by atoms with van der Waals surface area (Å²) in [6.45, 7) is 2.66. The van der Waals surface area contributed by atoms with Gasteiger partial charge in [-0.3, -0.25) is 13.9 Å². The highest BCUT2D eigenvalue weighted by molar-refractivity contribution is 7.92. The van der Waals surface area contributed by atoms with Gasteiger partial charge in [0.25, 0.3) is 10.0 Å². The van der Waals surface area contributed by atoms with E-state index in [-0.39, 0.29) is 16.5 Å². The van der Waals surface area contributed by atoms with Crippen molar-refractivity contribution in [1.29, 1.82) is 0 Å². The minimum Gasteiger partial charge on any atom is -0.326 e. The van der Waals surface area contributed by atoms with Gasteiger partial charge in [0.1, 0.15) is 12.4 Å². The molecule has 166 valence electrons. The molecule has 0 aromatic heterocycles. The molecule has 3 rings (SSSR count). The van der Waals surface area contributed by atoms with E-state index in [1.54, 1.807) is 36.4 Å². The van der Waals surface area contributed by atoms with Crippen molar-refractivity contribution >= 4 is 38.9 Å². The molecule has 0 heterocycles. The van der Waals surface area contributed by atoms with Crippen LogP contribution in [0.25, 0.3) is 0 Å². The molecular formula is C23H22FN3O4S. The predicted octanol–water partition coefficient (Wildman–Crippen LogP) is 3.93. The Kier molecular flexibility index (Phi) is 6.89. The van der Waals surface area contributed by atoms with Crippen LogP contribution in [0, 0.1) is 12.7 Å². The van der Waals surface area contributed by atoms with Gasteiger partial charge in [0, 0.05) is 18.3 Å². The summed E-state index contributed by atoms with van der Waals surface area (Å²) >= 11 is 0. The maximum absolute atomic E-state index is 13.4. The zero-order valence-electron chi connectivity index (χ0n) is 17.5. The molecule has 32 heavy (non-hydrogen) atoms. The van der Waals surface area contributed by atoms with Crippen molar-refractivity contribution < 1.29 is 22.4 Å². The van der Waals surface area contributed by atoms with Crippen molar-refractivity contribution in [2.45, 2.75) is 18.7 Å². The van der Waals surface area contributed by atoms with Crippen molar-refractivity contribution in [1.82, 2.24) is 0 Å². The maximum Gasteiger partial charge on any atom is 0.264 e. The zero-order valence-corrected chi connectivity index (χ0v) is 18.3. The monoisotopic (exact) mass is 455 g/mol. The first kappa shape index (κ1) is 23.0. The molecule has 0 saturated heterocycles. The Bertz CT molecular complexity index is 1230. The number of rotatable bonds is 7. The van der Waals surface area contributed by atoms with Crippen LogP contribution in [0.4, 0.5) is 21.5 Å². The average Bonchev–Trinajstić information content (AvgIpc) is 2.73. The van der Waals surface area contributed by atoms with Crippen molar-refractivity contribution in [2.75, 3.05) is 21.5 Å². The van der Waals surface area contributed by atoms with Crippen molar-refractivity contribution in [3.63, 3.8) is 0 Å². The third-order valence-electron chi connectivity index (χ3n) is 4.48. The fraction of sp³-hybridized carbons (Fsp3) is 0.130. The first-order chi connectivity index (χ1) is 15.1. The summed E-state index contributed by atoms with van der Waals surface area (Å²) in [4.78, 5) is 24.0. The number of hydrogen-bond acceptors (Lipinski definition) is 4. The van der Waals surface area contributed by atoms with Crippen LogP contribution in [0.5, 0.6) is 0 Å². The van der Waals surface area contributed by atoms with Gasteiger partial charge >= 0.3 is 0 Å². The fourth-order valence-electron chi connectivity index (χ4n) is 2.97. The van der Waals surface area contributed by atoms with Crippen LogP contribution in [0.15, 0.2) is 77.7 Å². The number of aryl methyl sites for hydroxylation is 1. The van der Waals surface area contributed by atoms with Gasteiger partial charge in [-0.1, -0.05) is 23.8 Å². The molecule has 0 spiro atoms. The molecule has 0 unspecified atom stereocenters. The van der Waals surface area contributed by atoms with E-state index in [4.69, 9.17) is 0 Å². The smallest absolute Gasteiger partial charge is 0.264 e. The molecule has 0 saturated carbocycles. The van der Waals surface area contributed by atoms with Crippen LogP contribution in [0.3, 0.4) is 0 Å². The number of anilines is 3. The van der Waals surface area contributed by atoms with E-state index in [2.05, 4.69) is 10.6 Å². The van der Waals surface area contributed by atoms with E-state index in [0.29, 0.717) is 11.4 Å². The second kappa shape index (κ2) is 9.61. The summed E-state index contributed by atoms with van der Waals surface area (Å²) in [6.07, 6.45) is 0. The molecule has 0 aliphatic carbocycles. The van der Waals surface area contributed by atoms with Crippen molar-refractivity contribution in [2.24, 2.45) is 0 Å². The number of halogens is 1. The first-order valence-corrected chi connectivity index (χ1v) is 11.1. The highest BCUT2D eigenvalue weighted by Crippen LogP contribution is 2.24. The molecular weight excluding hydrogens is 433 g/mol. The van der Waals surface area contributed by atoms with Gasteiger partial charge < -0.3 is 10.6 Å². The Morgan fingerprint density at radius 1 is 0.906 bits per heavy atom. The van der Waals surface area contributed by atoms with Gasteiger partial charge in [-0.15, -0.1) is 0 Å². The molecule has 0 aliphatic rings. The van der Waals surface area contributed by atoms with Crippen LogP contribution in [-0.4, -0.2) is 26.8 Å². The van der Waals surface area contributed by atoms with E-state index >= 15 is 0 Å². The molecule has 0 fully saturated rings. The summed E-state index contributed by atoms with van der Waals surface area (Å²) < 4.78 is 40.9. The Hall–Kier alpha value is -3.72. The summed E-state index contributed by atoms with van der Waals surface area (Å²) in [5, 5.41) is 5.24. The van der Waals surface area contributed by atoms with Gasteiger partial charge in [-0.25, -0.2) is 12.8 Å². The molecule has 2 amide bonds. The first-order valence-electron chi connectivity index (χ1n) is 9.67. The van der Waals surface area contributed by atoms with E-state index in [1.807, 2.05) is 6.92 Å². The number of carbonyl (C=O) groups excluding carboxylic acids is 2. The van der Waals surface area contributed by atoms with Crippen LogP contribution >= 0.6 is 0 Å². The quantitative estimate of drug-likeness (QED) is 0.564. The molecule has 0 radical (unpaired) electrons. The number of benzene rings is 3. The topological polar surface area (TPSA) is 95.6 Å². The van der Waals surface area contributed by atoms with Crippen LogP contribution in [-0.2, 0) is 19.6 Å². The molecule has 7 nitrogen and oxygen atoms in total. The number of amides is 2. The molecule has 0 bridgehead atoms. The van der Waals surface area contributed by atoms with Crippen LogP contribution < -0.4 is 14.9 Å². The Morgan fingerprint density at radius 2 is 1.50 bits per heavy atom.